The second-order valence-electron chi connectivity index (χ2n) is 4.46. The number of nitrogens with one attached hydrogen (secondary N) is 1. The molecule has 3 nitrogen and oxygen atoms in total. The highest BCUT2D eigenvalue weighted by atomic mass is 32.2. The molecular weight excluding hydrogens is 290 g/mol. The van der Waals surface area contributed by atoms with Crippen LogP contribution >= 0.6 is 11.3 Å². The summed E-state index contributed by atoms with van der Waals surface area (Å²) in [6.07, 6.45) is 3.90. The van der Waals surface area contributed by atoms with E-state index in [0.717, 1.165) is 17.7 Å². The molecule has 2 rings (SSSR count). The largest absolute Gasteiger partial charge is 0.326 e. The lowest BCUT2D eigenvalue weighted by Crippen LogP contribution is -2.11. The summed E-state index contributed by atoms with van der Waals surface area (Å²) in [6, 6.07) is 11.3. The van der Waals surface area contributed by atoms with Crippen molar-refractivity contribution in [3.8, 4) is 0 Å². The third-order valence-corrected chi connectivity index (χ3v) is 4.71. The molecule has 0 radical (unpaired) electrons. The maximum absolute atomic E-state index is 11.8. The third kappa shape index (κ3) is 4.58. The molecule has 0 fully saturated rings. The van der Waals surface area contributed by atoms with E-state index in [1.807, 2.05) is 17.5 Å². The predicted molar refractivity (Wildman–Crippen MR) is 84.7 cm³/mol. The van der Waals surface area contributed by atoms with Crippen LogP contribution in [0.15, 0.2) is 46.7 Å². The zero-order valence-corrected chi connectivity index (χ0v) is 12.9. The lowest BCUT2D eigenvalue weighted by atomic mass is 10.2. The molecule has 2 aromatic rings. The van der Waals surface area contributed by atoms with Crippen LogP contribution in [0.5, 0.6) is 0 Å². The van der Waals surface area contributed by atoms with Crippen LogP contribution in [0.25, 0.3) is 0 Å². The van der Waals surface area contributed by atoms with Crippen molar-refractivity contribution in [2.45, 2.75) is 24.2 Å². The van der Waals surface area contributed by atoms with Gasteiger partial charge >= 0.3 is 0 Å². The van der Waals surface area contributed by atoms with Crippen molar-refractivity contribution >= 4 is 33.7 Å². The van der Waals surface area contributed by atoms with Gasteiger partial charge < -0.3 is 5.32 Å². The van der Waals surface area contributed by atoms with E-state index in [1.54, 1.807) is 35.8 Å². The molecule has 0 aliphatic carbocycles. The van der Waals surface area contributed by atoms with E-state index in [2.05, 4.69) is 11.4 Å². The van der Waals surface area contributed by atoms with Gasteiger partial charge in [-0.1, -0.05) is 12.1 Å². The van der Waals surface area contributed by atoms with E-state index < -0.39 is 10.8 Å². The smallest absolute Gasteiger partial charge is 0.224 e. The quantitative estimate of drug-likeness (QED) is 0.888. The minimum atomic E-state index is -1.03. The molecule has 1 heterocycles. The number of carbonyl (C=O) groups is 1. The number of hydrogen-bond acceptors (Lipinski definition) is 3. The summed E-state index contributed by atoms with van der Waals surface area (Å²) in [5, 5.41) is 4.89. The molecule has 0 aliphatic heterocycles. The van der Waals surface area contributed by atoms with E-state index in [4.69, 9.17) is 0 Å². The minimum Gasteiger partial charge on any atom is -0.326 e. The Labute approximate surface area is 125 Å². The van der Waals surface area contributed by atoms with Crippen LogP contribution < -0.4 is 5.32 Å². The highest BCUT2D eigenvalue weighted by Crippen LogP contribution is 2.15. The first-order valence-corrected chi connectivity index (χ1v) is 8.84. The molecule has 106 valence electrons. The maximum Gasteiger partial charge on any atom is 0.224 e. The standard InChI is InChI=1S/C15H17NO2S2/c1-20(18)14-8-2-5-12(11-14)16-15(17)9-3-6-13-7-4-10-19-13/h2,4-5,7-8,10-11H,3,6,9H2,1H3,(H,16,17). The zero-order valence-electron chi connectivity index (χ0n) is 11.3. The molecule has 1 unspecified atom stereocenters. The molecule has 0 bridgehead atoms. The van der Waals surface area contributed by atoms with Gasteiger partial charge in [-0.25, -0.2) is 0 Å². The number of anilines is 1. The number of thiophene rings is 1. The average Bonchev–Trinajstić information content (AvgIpc) is 2.92. The van der Waals surface area contributed by atoms with Crippen LogP contribution in [0, 0.1) is 0 Å². The van der Waals surface area contributed by atoms with Gasteiger partial charge in [-0.2, -0.15) is 0 Å². The molecule has 1 N–H and O–H groups in total. The van der Waals surface area contributed by atoms with Crippen molar-refractivity contribution in [1.82, 2.24) is 0 Å². The summed E-state index contributed by atoms with van der Waals surface area (Å²) in [5.74, 6) is 0.000548. The summed E-state index contributed by atoms with van der Waals surface area (Å²) >= 11 is 1.72. The fourth-order valence-electron chi connectivity index (χ4n) is 1.85. The molecule has 5 heteroatoms. The van der Waals surface area contributed by atoms with E-state index in [0.29, 0.717) is 12.1 Å². The van der Waals surface area contributed by atoms with Crippen LogP contribution in [0.2, 0.25) is 0 Å². The molecule has 0 saturated carbocycles. The first kappa shape index (κ1) is 14.9. The van der Waals surface area contributed by atoms with Crippen LogP contribution in [0.4, 0.5) is 5.69 Å². The highest BCUT2D eigenvalue weighted by molar-refractivity contribution is 7.84. The van der Waals surface area contributed by atoms with E-state index >= 15 is 0 Å². The maximum atomic E-state index is 11.8. The van der Waals surface area contributed by atoms with Gasteiger partial charge in [-0.15, -0.1) is 11.3 Å². The van der Waals surface area contributed by atoms with Gasteiger partial charge in [0.25, 0.3) is 0 Å². The van der Waals surface area contributed by atoms with Gasteiger partial charge in [0.1, 0.15) is 0 Å². The Hall–Kier alpha value is -1.46. The molecule has 20 heavy (non-hydrogen) atoms. The lowest BCUT2D eigenvalue weighted by molar-refractivity contribution is -0.116. The fourth-order valence-corrected chi connectivity index (χ4v) is 3.17. The average molecular weight is 307 g/mol. The summed E-state index contributed by atoms with van der Waals surface area (Å²) in [4.78, 5) is 13.9. The molecule has 1 amide bonds. The molecule has 0 saturated heterocycles. The Kier molecular flexibility index (Phi) is 5.49. The summed E-state index contributed by atoms with van der Waals surface area (Å²) in [5.41, 5.74) is 0.707. The van der Waals surface area contributed by atoms with Crippen molar-refractivity contribution in [3.05, 3.63) is 46.7 Å². The summed E-state index contributed by atoms with van der Waals surface area (Å²) in [7, 11) is -1.03. The SMILES string of the molecule is CS(=O)c1cccc(NC(=O)CCCc2cccs2)c1. The number of amides is 1. The van der Waals surface area contributed by atoms with E-state index in [9.17, 15) is 9.00 Å². The van der Waals surface area contributed by atoms with Gasteiger partial charge in [-0.3, -0.25) is 9.00 Å². The van der Waals surface area contributed by atoms with Gasteiger partial charge in [0.15, 0.2) is 0 Å². The minimum absolute atomic E-state index is 0.000548. The topological polar surface area (TPSA) is 46.2 Å². The van der Waals surface area contributed by atoms with Gasteiger partial charge in [0, 0.05) is 38.9 Å². The molecule has 1 aromatic carbocycles. The molecule has 0 spiro atoms. The number of hydrogen-bond donors (Lipinski definition) is 1. The fraction of sp³-hybridized carbons (Fsp3) is 0.267. The van der Waals surface area contributed by atoms with Crippen LogP contribution in [0.1, 0.15) is 17.7 Å². The van der Waals surface area contributed by atoms with Gasteiger partial charge in [-0.05, 0) is 42.5 Å². The first-order valence-electron chi connectivity index (χ1n) is 6.41. The number of carbonyl (C=O) groups excluding carboxylic acids is 1. The summed E-state index contributed by atoms with van der Waals surface area (Å²) < 4.78 is 11.4. The van der Waals surface area contributed by atoms with Crippen molar-refractivity contribution in [2.24, 2.45) is 0 Å². The van der Waals surface area contributed by atoms with E-state index in [1.165, 1.54) is 4.88 Å². The Morgan fingerprint density at radius 2 is 2.15 bits per heavy atom. The Morgan fingerprint density at radius 1 is 1.30 bits per heavy atom. The normalized spacial score (nSPS) is 12.1. The van der Waals surface area contributed by atoms with Crippen LogP contribution in [-0.2, 0) is 22.0 Å². The monoisotopic (exact) mass is 307 g/mol. The highest BCUT2D eigenvalue weighted by Gasteiger charge is 2.05. The Morgan fingerprint density at radius 3 is 2.85 bits per heavy atom. The predicted octanol–water partition coefficient (Wildman–Crippen LogP) is 3.45. The second kappa shape index (κ2) is 7.36. The number of rotatable bonds is 6. The second-order valence-corrected chi connectivity index (χ2v) is 6.87. The third-order valence-electron chi connectivity index (χ3n) is 2.86. The van der Waals surface area contributed by atoms with Gasteiger partial charge in [0.2, 0.25) is 5.91 Å². The van der Waals surface area contributed by atoms with Crippen LogP contribution in [-0.4, -0.2) is 16.4 Å². The van der Waals surface area contributed by atoms with Crippen LogP contribution in [0.3, 0.4) is 0 Å². The molecule has 1 atom stereocenters. The first-order chi connectivity index (χ1) is 9.65. The molecule has 1 aromatic heterocycles. The van der Waals surface area contributed by atoms with Crippen molar-refractivity contribution < 1.29 is 9.00 Å². The Balaban J connectivity index is 1.82. The van der Waals surface area contributed by atoms with Crippen molar-refractivity contribution in [1.29, 1.82) is 0 Å². The van der Waals surface area contributed by atoms with Gasteiger partial charge in [0.05, 0.1) is 0 Å². The van der Waals surface area contributed by atoms with E-state index in [-0.39, 0.29) is 5.91 Å². The Bertz CT molecular complexity index is 594. The zero-order chi connectivity index (χ0) is 14.4. The number of benzene rings is 1. The lowest BCUT2D eigenvalue weighted by Gasteiger charge is -2.06. The number of aryl methyl sites for hydroxylation is 1. The molecule has 0 aliphatic rings. The van der Waals surface area contributed by atoms with Crippen molar-refractivity contribution in [2.75, 3.05) is 11.6 Å². The van der Waals surface area contributed by atoms with Crippen molar-refractivity contribution in [3.63, 3.8) is 0 Å². The molecular formula is C15H17NO2S2. The summed E-state index contributed by atoms with van der Waals surface area (Å²) in [6.45, 7) is 0.